The SMILES string of the molecule is NC(CC1=CC(=O)C(=O)C=C1F)C(=O)O. The van der Waals surface area contributed by atoms with E-state index >= 15 is 0 Å². The molecule has 0 aromatic carbocycles. The Morgan fingerprint density at radius 3 is 2.47 bits per heavy atom. The minimum atomic E-state index is -1.30. The standard InChI is InChI=1S/C9H8FNO4/c10-5-3-8(13)7(12)2-4(5)1-6(11)9(14)15/h2-3,6H,1,11H2,(H,14,15). The second kappa shape index (κ2) is 4.14. The van der Waals surface area contributed by atoms with Gasteiger partial charge in [-0.05, 0) is 11.6 Å². The maximum Gasteiger partial charge on any atom is 0.320 e. The monoisotopic (exact) mass is 213 g/mol. The van der Waals surface area contributed by atoms with E-state index in [2.05, 4.69) is 0 Å². The van der Waals surface area contributed by atoms with Gasteiger partial charge in [0, 0.05) is 12.5 Å². The molecule has 0 bridgehead atoms. The molecule has 0 aromatic heterocycles. The molecule has 0 radical (unpaired) electrons. The molecule has 0 aromatic rings. The summed E-state index contributed by atoms with van der Waals surface area (Å²) >= 11 is 0. The predicted octanol–water partition coefficient (Wildman–Crippen LogP) is -0.280. The van der Waals surface area contributed by atoms with Gasteiger partial charge < -0.3 is 10.8 Å². The lowest BCUT2D eigenvalue weighted by Gasteiger charge is -2.11. The van der Waals surface area contributed by atoms with Crippen molar-refractivity contribution < 1.29 is 23.9 Å². The van der Waals surface area contributed by atoms with E-state index in [9.17, 15) is 18.8 Å². The number of carbonyl (C=O) groups is 3. The molecule has 0 spiro atoms. The number of aliphatic carboxylic acids is 1. The lowest BCUT2D eigenvalue weighted by atomic mass is 9.98. The average molecular weight is 213 g/mol. The van der Waals surface area contributed by atoms with Crippen LogP contribution in [0.2, 0.25) is 0 Å². The summed E-state index contributed by atoms with van der Waals surface area (Å²) in [5.74, 6) is -4.03. The first-order valence-corrected chi connectivity index (χ1v) is 4.06. The highest BCUT2D eigenvalue weighted by molar-refractivity contribution is 6.46. The van der Waals surface area contributed by atoms with Gasteiger partial charge in [-0.3, -0.25) is 14.4 Å². The number of hydrogen-bond donors (Lipinski definition) is 2. The van der Waals surface area contributed by atoms with E-state index in [1.807, 2.05) is 0 Å². The first-order valence-electron chi connectivity index (χ1n) is 4.06. The van der Waals surface area contributed by atoms with Crippen molar-refractivity contribution in [1.29, 1.82) is 0 Å². The minimum absolute atomic E-state index is 0.158. The van der Waals surface area contributed by atoms with E-state index < -0.39 is 29.4 Å². The molecule has 0 saturated heterocycles. The zero-order chi connectivity index (χ0) is 11.6. The van der Waals surface area contributed by atoms with Crippen LogP contribution in [-0.4, -0.2) is 28.7 Å². The highest BCUT2D eigenvalue weighted by atomic mass is 19.1. The Kier molecular flexibility index (Phi) is 3.11. The van der Waals surface area contributed by atoms with Crippen LogP contribution in [0.5, 0.6) is 0 Å². The van der Waals surface area contributed by atoms with E-state index in [-0.39, 0.29) is 12.0 Å². The number of carbonyl (C=O) groups excluding carboxylic acids is 2. The largest absolute Gasteiger partial charge is 0.480 e. The molecule has 15 heavy (non-hydrogen) atoms. The van der Waals surface area contributed by atoms with Crippen molar-refractivity contribution >= 4 is 17.5 Å². The van der Waals surface area contributed by atoms with Crippen molar-refractivity contribution in [2.75, 3.05) is 0 Å². The lowest BCUT2D eigenvalue weighted by molar-refractivity contribution is -0.138. The van der Waals surface area contributed by atoms with Crippen molar-refractivity contribution in [3.8, 4) is 0 Å². The van der Waals surface area contributed by atoms with Crippen LogP contribution >= 0.6 is 0 Å². The third-order valence-corrected chi connectivity index (χ3v) is 1.87. The van der Waals surface area contributed by atoms with E-state index in [0.29, 0.717) is 6.08 Å². The summed E-state index contributed by atoms with van der Waals surface area (Å²) in [5.41, 5.74) is 5.00. The fourth-order valence-corrected chi connectivity index (χ4v) is 1.06. The minimum Gasteiger partial charge on any atom is -0.480 e. The molecule has 3 N–H and O–H groups in total. The average Bonchev–Trinajstić information content (AvgIpc) is 2.13. The predicted molar refractivity (Wildman–Crippen MR) is 47.5 cm³/mol. The second-order valence-electron chi connectivity index (χ2n) is 3.04. The summed E-state index contributed by atoms with van der Waals surface area (Å²) in [6, 6.07) is -1.29. The maximum absolute atomic E-state index is 13.1. The van der Waals surface area contributed by atoms with Gasteiger partial charge in [-0.15, -0.1) is 0 Å². The number of hydrogen-bond acceptors (Lipinski definition) is 4. The fourth-order valence-electron chi connectivity index (χ4n) is 1.06. The van der Waals surface area contributed by atoms with Crippen LogP contribution in [0.1, 0.15) is 6.42 Å². The molecule has 80 valence electrons. The third kappa shape index (κ3) is 2.57. The quantitative estimate of drug-likeness (QED) is 0.496. The zero-order valence-electron chi connectivity index (χ0n) is 7.57. The van der Waals surface area contributed by atoms with E-state index in [4.69, 9.17) is 10.8 Å². The molecule has 0 heterocycles. The highest BCUT2D eigenvalue weighted by Gasteiger charge is 2.23. The van der Waals surface area contributed by atoms with Gasteiger partial charge in [0.1, 0.15) is 11.9 Å². The first-order chi connectivity index (χ1) is 6.91. The van der Waals surface area contributed by atoms with Gasteiger partial charge in [0.25, 0.3) is 0 Å². The Balaban J connectivity index is 2.84. The normalized spacial score (nSPS) is 18.3. The number of nitrogens with two attached hydrogens (primary N) is 1. The Morgan fingerprint density at radius 1 is 1.40 bits per heavy atom. The highest BCUT2D eigenvalue weighted by Crippen LogP contribution is 2.20. The van der Waals surface area contributed by atoms with Crippen molar-refractivity contribution in [2.24, 2.45) is 5.73 Å². The smallest absolute Gasteiger partial charge is 0.320 e. The van der Waals surface area contributed by atoms with Gasteiger partial charge in [-0.25, -0.2) is 4.39 Å². The fraction of sp³-hybridized carbons (Fsp3) is 0.222. The molecular weight excluding hydrogens is 205 g/mol. The topological polar surface area (TPSA) is 97.5 Å². The van der Waals surface area contributed by atoms with Crippen LogP contribution in [0.3, 0.4) is 0 Å². The molecule has 1 aliphatic carbocycles. The molecular formula is C9H8FNO4. The summed E-state index contributed by atoms with van der Waals surface area (Å²) in [6.45, 7) is 0. The number of ketones is 2. The van der Waals surface area contributed by atoms with Gasteiger partial charge in [0.2, 0.25) is 11.6 Å². The van der Waals surface area contributed by atoms with Crippen molar-refractivity contribution in [3.05, 3.63) is 23.6 Å². The number of carboxylic acid groups (broad SMARTS) is 1. The summed E-state index contributed by atoms with van der Waals surface area (Å²) in [5, 5.41) is 8.47. The number of halogens is 1. The van der Waals surface area contributed by atoms with Gasteiger partial charge in [-0.1, -0.05) is 0 Å². The molecule has 5 nitrogen and oxygen atoms in total. The van der Waals surface area contributed by atoms with E-state index in [1.165, 1.54) is 0 Å². The van der Waals surface area contributed by atoms with Gasteiger partial charge in [-0.2, -0.15) is 0 Å². The molecule has 1 unspecified atom stereocenters. The maximum atomic E-state index is 13.1. The molecule has 0 amide bonds. The van der Waals surface area contributed by atoms with E-state index in [1.54, 1.807) is 0 Å². The van der Waals surface area contributed by atoms with Crippen LogP contribution in [-0.2, 0) is 14.4 Å². The van der Waals surface area contributed by atoms with Crippen molar-refractivity contribution in [1.82, 2.24) is 0 Å². The number of allylic oxidation sites excluding steroid dienone is 3. The molecule has 0 aliphatic heterocycles. The first kappa shape index (κ1) is 11.3. The second-order valence-corrected chi connectivity index (χ2v) is 3.04. The Hall–Kier alpha value is -1.82. The number of carboxylic acids is 1. The Morgan fingerprint density at radius 2 is 1.93 bits per heavy atom. The van der Waals surface area contributed by atoms with Crippen LogP contribution < -0.4 is 5.73 Å². The van der Waals surface area contributed by atoms with Crippen molar-refractivity contribution in [3.63, 3.8) is 0 Å². The molecule has 1 rings (SSSR count). The van der Waals surface area contributed by atoms with E-state index in [0.717, 1.165) is 6.08 Å². The third-order valence-electron chi connectivity index (χ3n) is 1.87. The van der Waals surface area contributed by atoms with Crippen LogP contribution in [0.4, 0.5) is 4.39 Å². The Labute approximate surface area is 84.1 Å². The Bertz CT molecular complexity index is 397. The molecule has 6 heteroatoms. The van der Waals surface area contributed by atoms with Crippen molar-refractivity contribution in [2.45, 2.75) is 12.5 Å². The summed E-state index contributed by atoms with van der Waals surface area (Å²) < 4.78 is 13.1. The molecule has 0 saturated carbocycles. The molecule has 1 aliphatic rings. The van der Waals surface area contributed by atoms with Gasteiger partial charge >= 0.3 is 5.97 Å². The lowest BCUT2D eigenvalue weighted by Crippen LogP contribution is -2.31. The van der Waals surface area contributed by atoms with Gasteiger partial charge in [0.05, 0.1) is 0 Å². The van der Waals surface area contributed by atoms with Crippen LogP contribution in [0.15, 0.2) is 23.6 Å². The summed E-state index contributed by atoms with van der Waals surface area (Å²) in [7, 11) is 0. The summed E-state index contributed by atoms with van der Waals surface area (Å²) in [4.78, 5) is 32.0. The van der Waals surface area contributed by atoms with Crippen LogP contribution in [0.25, 0.3) is 0 Å². The molecule has 1 atom stereocenters. The molecule has 0 fully saturated rings. The number of rotatable bonds is 3. The summed E-state index contributed by atoms with van der Waals surface area (Å²) in [6.07, 6.45) is 0.989. The van der Waals surface area contributed by atoms with Gasteiger partial charge in [0.15, 0.2) is 0 Å². The zero-order valence-corrected chi connectivity index (χ0v) is 7.57. The van der Waals surface area contributed by atoms with Crippen LogP contribution in [0, 0.1) is 0 Å².